The first kappa shape index (κ1) is 17.2. The molecule has 0 saturated heterocycles. The maximum absolute atomic E-state index is 12.3. The van der Waals surface area contributed by atoms with Gasteiger partial charge in [-0.15, -0.1) is 0 Å². The van der Waals surface area contributed by atoms with E-state index in [1.54, 1.807) is 25.1 Å². The fourth-order valence-corrected chi connectivity index (χ4v) is 1.95. The van der Waals surface area contributed by atoms with Gasteiger partial charge in [-0.25, -0.2) is 0 Å². The zero-order chi connectivity index (χ0) is 16.7. The first-order chi connectivity index (χ1) is 10.4. The minimum atomic E-state index is -0.961. The molecule has 3 amide bonds. The van der Waals surface area contributed by atoms with Gasteiger partial charge in [0.2, 0.25) is 11.8 Å². The molecule has 7 nitrogen and oxygen atoms in total. The average molecular weight is 302 g/mol. The second kappa shape index (κ2) is 7.78. The van der Waals surface area contributed by atoms with Gasteiger partial charge in [-0.1, -0.05) is 19.1 Å². The Morgan fingerprint density at radius 3 is 2.50 bits per heavy atom. The predicted octanol–water partition coefficient (Wildman–Crippen LogP) is 0.778. The molecule has 1 aromatic carbocycles. The van der Waals surface area contributed by atoms with Crippen LogP contribution in [-0.4, -0.2) is 23.8 Å². The van der Waals surface area contributed by atoms with Crippen LogP contribution in [0.2, 0.25) is 0 Å². The van der Waals surface area contributed by atoms with E-state index in [2.05, 4.69) is 10.6 Å². The van der Waals surface area contributed by atoms with Crippen molar-refractivity contribution >= 4 is 23.4 Å². The van der Waals surface area contributed by atoms with Crippen molar-refractivity contribution in [3.05, 3.63) is 29.8 Å². The maximum atomic E-state index is 12.3. The molecular formula is C15H18N4O3. The van der Waals surface area contributed by atoms with Crippen molar-refractivity contribution in [2.75, 3.05) is 5.32 Å². The van der Waals surface area contributed by atoms with Gasteiger partial charge < -0.3 is 16.4 Å². The molecule has 0 aliphatic heterocycles. The number of hydrogen-bond donors (Lipinski definition) is 3. The van der Waals surface area contributed by atoms with Crippen molar-refractivity contribution in [3.8, 4) is 6.07 Å². The normalized spacial score (nSPS) is 12.6. The highest BCUT2D eigenvalue weighted by Gasteiger charge is 2.26. The minimum absolute atomic E-state index is 0.0846. The van der Waals surface area contributed by atoms with E-state index in [1.807, 2.05) is 6.07 Å². The molecule has 7 heteroatoms. The molecule has 0 unspecified atom stereocenters. The van der Waals surface area contributed by atoms with Crippen LogP contribution in [0.15, 0.2) is 24.3 Å². The van der Waals surface area contributed by atoms with E-state index in [0.717, 1.165) is 0 Å². The summed E-state index contributed by atoms with van der Waals surface area (Å²) in [4.78, 5) is 34.9. The van der Waals surface area contributed by atoms with Crippen LogP contribution in [0.3, 0.4) is 0 Å². The van der Waals surface area contributed by atoms with Crippen molar-refractivity contribution in [1.82, 2.24) is 5.32 Å². The molecule has 0 aromatic heterocycles. The number of benzene rings is 1. The largest absolute Gasteiger partial charge is 0.368 e. The number of anilines is 1. The Kier molecular flexibility index (Phi) is 6.08. The zero-order valence-corrected chi connectivity index (χ0v) is 12.4. The monoisotopic (exact) mass is 302 g/mol. The lowest BCUT2D eigenvalue weighted by atomic mass is 9.98. The van der Waals surface area contributed by atoms with Crippen molar-refractivity contribution in [2.24, 2.45) is 11.7 Å². The zero-order valence-electron chi connectivity index (χ0n) is 12.4. The lowest BCUT2D eigenvalue weighted by Gasteiger charge is -2.21. The third-order valence-electron chi connectivity index (χ3n) is 3.06. The lowest BCUT2D eigenvalue weighted by molar-refractivity contribution is -0.121. The van der Waals surface area contributed by atoms with Crippen LogP contribution >= 0.6 is 0 Å². The van der Waals surface area contributed by atoms with E-state index >= 15 is 0 Å². The molecule has 0 fully saturated rings. The highest BCUT2D eigenvalue weighted by molar-refractivity contribution is 6.04. The topological polar surface area (TPSA) is 125 Å². The molecular weight excluding hydrogens is 284 g/mol. The first-order valence-corrected chi connectivity index (χ1v) is 6.70. The molecule has 1 rings (SSSR count). The SMILES string of the molecule is CC(=O)Nc1ccccc1C(=O)N[C@@H](C(N)=O)[C@@H](C)CC#N. The second-order valence-electron chi connectivity index (χ2n) is 4.92. The second-order valence-corrected chi connectivity index (χ2v) is 4.92. The summed E-state index contributed by atoms with van der Waals surface area (Å²) < 4.78 is 0. The third kappa shape index (κ3) is 4.59. The van der Waals surface area contributed by atoms with Gasteiger partial charge in [0.05, 0.1) is 17.3 Å². The Morgan fingerprint density at radius 2 is 1.95 bits per heavy atom. The number of hydrogen-bond acceptors (Lipinski definition) is 4. The van der Waals surface area contributed by atoms with Crippen molar-refractivity contribution in [2.45, 2.75) is 26.3 Å². The summed E-state index contributed by atoms with van der Waals surface area (Å²) in [6.07, 6.45) is 0.0846. The Hall–Kier alpha value is -2.88. The van der Waals surface area contributed by atoms with Gasteiger partial charge in [-0.05, 0) is 18.1 Å². The van der Waals surface area contributed by atoms with Gasteiger partial charge in [-0.3, -0.25) is 14.4 Å². The summed E-state index contributed by atoms with van der Waals surface area (Å²) in [6, 6.07) is 7.39. The molecule has 116 valence electrons. The summed E-state index contributed by atoms with van der Waals surface area (Å²) in [5.41, 5.74) is 5.83. The molecule has 22 heavy (non-hydrogen) atoms. The molecule has 0 spiro atoms. The number of primary amides is 1. The van der Waals surface area contributed by atoms with Crippen LogP contribution < -0.4 is 16.4 Å². The van der Waals surface area contributed by atoms with Gasteiger partial charge >= 0.3 is 0 Å². The Balaban J connectivity index is 2.98. The van der Waals surface area contributed by atoms with Gasteiger partial charge in [-0.2, -0.15) is 5.26 Å². The summed E-state index contributed by atoms with van der Waals surface area (Å²) in [7, 11) is 0. The van der Waals surface area contributed by atoms with Gasteiger partial charge in [0.1, 0.15) is 6.04 Å². The fraction of sp³-hybridized carbons (Fsp3) is 0.333. The molecule has 0 bridgehead atoms. The molecule has 1 aromatic rings. The van der Waals surface area contributed by atoms with E-state index in [-0.39, 0.29) is 17.9 Å². The molecule has 0 saturated carbocycles. The summed E-state index contributed by atoms with van der Waals surface area (Å²) >= 11 is 0. The van der Waals surface area contributed by atoms with Crippen LogP contribution in [0.5, 0.6) is 0 Å². The van der Waals surface area contributed by atoms with Crippen molar-refractivity contribution < 1.29 is 14.4 Å². The summed E-state index contributed by atoms with van der Waals surface area (Å²) in [5.74, 6) is -1.99. The van der Waals surface area contributed by atoms with Gasteiger partial charge in [0.15, 0.2) is 0 Å². The molecule has 0 heterocycles. The highest BCUT2D eigenvalue weighted by Crippen LogP contribution is 2.16. The summed E-state index contributed by atoms with van der Waals surface area (Å²) in [5, 5.41) is 13.8. The number of nitrogens with two attached hydrogens (primary N) is 1. The Bertz CT molecular complexity index is 621. The average Bonchev–Trinajstić information content (AvgIpc) is 2.44. The Labute approximate surface area is 128 Å². The smallest absolute Gasteiger partial charge is 0.254 e. The van der Waals surface area contributed by atoms with E-state index in [0.29, 0.717) is 5.69 Å². The third-order valence-corrected chi connectivity index (χ3v) is 3.06. The lowest BCUT2D eigenvalue weighted by Crippen LogP contribution is -2.48. The number of carbonyl (C=O) groups excluding carboxylic acids is 3. The number of nitrogens with one attached hydrogen (secondary N) is 2. The van der Waals surface area contributed by atoms with Crippen LogP contribution in [0.4, 0.5) is 5.69 Å². The van der Waals surface area contributed by atoms with E-state index in [1.165, 1.54) is 13.0 Å². The van der Waals surface area contributed by atoms with Crippen LogP contribution in [0, 0.1) is 17.2 Å². The molecule has 2 atom stereocenters. The predicted molar refractivity (Wildman–Crippen MR) is 80.6 cm³/mol. The number of nitrogens with zero attached hydrogens (tertiary/aromatic N) is 1. The van der Waals surface area contributed by atoms with E-state index in [9.17, 15) is 14.4 Å². The van der Waals surface area contributed by atoms with E-state index < -0.39 is 23.8 Å². The molecule has 4 N–H and O–H groups in total. The number of carbonyl (C=O) groups is 3. The van der Waals surface area contributed by atoms with Crippen molar-refractivity contribution in [1.29, 1.82) is 5.26 Å². The van der Waals surface area contributed by atoms with Crippen LogP contribution in [-0.2, 0) is 9.59 Å². The molecule has 0 aliphatic carbocycles. The fourth-order valence-electron chi connectivity index (χ4n) is 1.95. The van der Waals surface area contributed by atoms with Crippen LogP contribution in [0.1, 0.15) is 30.6 Å². The number of para-hydroxylation sites is 1. The van der Waals surface area contributed by atoms with Crippen LogP contribution in [0.25, 0.3) is 0 Å². The first-order valence-electron chi connectivity index (χ1n) is 6.70. The number of nitriles is 1. The summed E-state index contributed by atoms with van der Waals surface area (Å²) in [6.45, 7) is 2.98. The Morgan fingerprint density at radius 1 is 1.32 bits per heavy atom. The van der Waals surface area contributed by atoms with Crippen molar-refractivity contribution in [3.63, 3.8) is 0 Å². The quantitative estimate of drug-likeness (QED) is 0.717. The van der Waals surface area contributed by atoms with Gasteiger partial charge in [0, 0.05) is 13.3 Å². The molecule has 0 radical (unpaired) electrons. The molecule has 0 aliphatic rings. The number of amides is 3. The highest BCUT2D eigenvalue weighted by atomic mass is 16.2. The van der Waals surface area contributed by atoms with E-state index in [4.69, 9.17) is 11.0 Å². The standard InChI is InChI=1S/C15H18N4O3/c1-9(7-8-16)13(14(17)21)19-15(22)11-5-3-4-6-12(11)18-10(2)20/h3-6,9,13H,7H2,1-2H3,(H2,17,21)(H,18,20)(H,19,22)/t9-,13+/m0/s1. The number of rotatable bonds is 6. The maximum Gasteiger partial charge on any atom is 0.254 e. The minimum Gasteiger partial charge on any atom is -0.368 e. The van der Waals surface area contributed by atoms with Gasteiger partial charge in [0.25, 0.3) is 5.91 Å².